The number of aryl methyl sites for hydroxylation is 1. The normalized spacial score (nSPS) is 12.9. The van der Waals surface area contributed by atoms with Gasteiger partial charge in [-0.1, -0.05) is 30.3 Å². The highest BCUT2D eigenvalue weighted by Crippen LogP contribution is 2.36. The third kappa shape index (κ3) is 6.16. The number of hydrogen-bond donors (Lipinski definition) is 1. The van der Waals surface area contributed by atoms with Gasteiger partial charge < -0.3 is 29.6 Å². The Morgan fingerprint density at radius 1 is 0.923 bits per heavy atom. The molecule has 1 aromatic heterocycles. The van der Waals surface area contributed by atoms with Crippen LogP contribution >= 0.6 is 0 Å². The van der Waals surface area contributed by atoms with Gasteiger partial charge in [-0.15, -0.1) is 0 Å². The Morgan fingerprint density at radius 3 is 2.10 bits per heavy atom. The zero-order valence-corrected chi connectivity index (χ0v) is 22.5. The summed E-state index contributed by atoms with van der Waals surface area (Å²) in [5, 5.41) is 11.0. The number of hydrogen-bond acceptors (Lipinski definition) is 6. The Morgan fingerprint density at radius 2 is 1.54 bits per heavy atom. The van der Waals surface area contributed by atoms with Crippen molar-refractivity contribution >= 4 is 28.7 Å². The van der Waals surface area contributed by atoms with Crippen molar-refractivity contribution in [1.82, 2.24) is 4.57 Å². The number of rotatable bonds is 8. The van der Waals surface area contributed by atoms with Crippen LogP contribution in [0.5, 0.6) is 5.75 Å². The van der Waals surface area contributed by atoms with Crippen molar-refractivity contribution in [3.8, 4) is 23.1 Å². The first-order valence-electron chi connectivity index (χ1n) is 13.1. The van der Waals surface area contributed by atoms with Crippen LogP contribution < -0.4 is 20.3 Å². The first-order valence-corrected chi connectivity index (χ1v) is 13.1. The van der Waals surface area contributed by atoms with Crippen LogP contribution in [0.15, 0.2) is 72.8 Å². The zero-order valence-electron chi connectivity index (χ0n) is 22.5. The second-order valence-corrected chi connectivity index (χ2v) is 9.09. The number of nitrogens with zero attached hydrogens (tertiary/aromatic N) is 4. The molecule has 1 aliphatic rings. The van der Waals surface area contributed by atoms with Crippen molar-refractivity contribution in [1.29, 1.82) is 5.26 Å². The maximum absolute atomic E-state index is 10.1. The highest BCUT2D eigenvalue weighted by molar-refractivity contribution is 5.95. The molecule has 0 bridgehead atoms. The fourth-order valence-corrected chi connectivity index (χ4v) is 5.10. The number of benzene rings is 3. The Labute approximate surface area is 229 Å². The predicted molar refractivity (Wildman–Crippen MR) is 156 cm³/mol. The fraction of sp³-hybridized carbons (Fsp3) is 0.290. The maximum Gasteiger partial charge on any atom is 0.204 e. The molecule has 1 saturated heterocycles. The van der Waals surface area contributed by atoms with Crippen LogP contribution in [0.4, 0.5) is 11.4 Å². The van der Waals surface area contributed by atoms with E-state index in [4.69, 9.17) is 14.3 Å². The quantitative estimate of drug-likeness (QED) is 0.266. The van der Waals surface area contributed by atoms with E-state index in [1.807, 2.05) is 18.2 Å². The second-order valence-electron chi connectivity index (χ2n) is 9.09. The van der Waals surface area contributed by atoms with E-state index >= 15 is 0 Å². The highest BCUT2D eigenvalue weighted by atomic mass is 16.5. The molecule has 0 spiro atoms. The lowest BCUT2D eigenvalue weighted by atomic mass is 10.1. The molecule has 8 nitrogen and oxygen atoms in total. The molecule has 8 heteroatoms. The molecule has 1 fully saturated rings. The van der Waals surface area contributed by atoms with E-state index in [2.05, 4.69) is 87.7 Å². The maximum atomic E-state index is 10.1. The molecule has 0 atom stereocenters. The number of carbonyl (C=O) groups excluding carboxylic acids is 1. The molecule has 39 heavy (non-hydrogen) atoms. The third-order valence-electron chi connectivity index (χ3n) is 6.93. The van der Waals surface area contributed by atoms with Gasteiger partial charge in [-0.2, -0.15) is 5.26 Å². The molecular weight excluding hydrogens is 490 g/mol. The molecule has 4 aromatic rings. The van der Waals surface area contributed by atoms with E-state index in [-0.39, 0.29) is 6.41 Å². The lowest BCUT2D eigenvalue weighted by molar-refractivity contribution is -0.106. The van der Waals surface area contributed by atoms with Crippen LogP contribution in [0.2, 0.25) is 0 Å². The number of piperazine rings is 1. The van der Waals surface area contributed by atoms with Crippen LogP contribution in [0.3, 0.4) is 0 Å². The summed E-state index contributed by atoms with van der Waals surface area (Å²) in [5.74, 6) is 0.785. The van der Waals surface area contributed by atoms with Gasteiger partial charge >= 0.3 is 0 Å². The number of carbonyl (C=O) groups is 1. The van der Waals surface area contributed by atoms with Gasteiger partial charge in [0.05, 0.1) is 23.4 Å². The lowest BCUT2D eigenvalue weighted by Gasteiger charge is -2.37. The molecule has 2 heterocycles. The number of aromatic nitrogens is 1. The lowest BCUT2D eigenvalue weighted by Crippen LogP contribution is -2.46. The summed E-state index contributed by atoms with van der Waals surface area (Å²) >= 11 is 0. The van der Waals surface area contributed by atoms with Gasteiger partial charge in [0.1, 0.15) is 18.4 Å². The summed E-state index contributed by atoms with van der Waals surface area (Å²) in [4.78, 5) is 13.5. The minimum Gasteiger partial charge on any atom is -0.491 e. The summed E-state index contributed by atoms with van der Waals surface area (Å²) in [6, 6.07) is 27.7. The van der Waals surface area contributed by atoms with Gasteiger partial charge in [0.25, 0.3) is 0 Å². The number of amides is 1. The number of anilines is 2. The Kier molecular flexibility index (Phi) is 9.44. The summed E-state index contributed by atoms with van der Waals surface area (Å²) in [6.45, 7) is 7.88. The zero-order chi connectivity index (χ0) is 27.6. The van der Waals surface area contributed by atoms with Gasteiger partial charge in [0.15, 0.2) is 0 Å². The second kappa shape index (κ2) is 13.4. The average molecular weight is 526 g/mol. The van der Waals surface area contributed by atoms with Crippen molar-refractivity contribution < 1.29 is 14.3 Å². The van der Waals surface area contributed by atoms with E-state index in [0.717, 1.165) is 60.6 Å². The number of nitrogens with two attached hydrogens (primary N) is 1. The number of fused-ring (bicyclic) bond motifs is 1. The molecule has 202 valence electrons. The van der Waals surface area contributed by atoms with Crippen LogP contribution in [-0.2, 0) is 16.1 Å². The molecule has 2 N–H and O–H groups in total. The van der Waals surface area contributed by atoms with Crippen LogP contribution in [-0.4, -0.2) is 57.5 Å². The molecule has 0 aliphatic carbocycles. The average Bonchev–Trinajstić information content (AvgIpc) is 3.31. The van der Waals surface area contributed by atoms with Crippen molar-refractivity contribution in [2.45, 2.75) is 13.5 Å². The van der Waals surface area contributed by atoms with Crippen molar-refractivity contribution in [2.75, 3.05) is 56.3 Å². The van der Waals surface area contributed by atoms with E-state index in [0.29, 0.717) is 18.8 Å². The van der Waals surface area contributed by atoms with E-state index in [9.17, 15) is 5.26 Å². The smallest absolute Gasteiger partial charge is 0.204 e. The minimum atomic E-state index is 0.250. The summed E-state index contributed by atoms with van der Waals surface area (Å²) in [7, 11) is 1.66. The largest absolute Gasteiger partial charge is 0.491 e. The van der Waals surface area contributed by atoms with Crippen molar-refractivity contribution in [3.05, 3.63) is 78.4 Å². The number of ether oxygens (including phenoxy) is 2. The Bertz CT molecular complexity index is 1400. The van der Waals surface area contributed by atoms with Crippen LogP contribution in [0, 0.1) is 11.3 Å². The number of nitriles is 1. The SMILES string of the molecule is CCn1c(-c2ccc(N3CCN(c4ccccc4)CC3)cc2)c(C#N)c2ccc(OCCOC)cc21.NC=O. The molecule has 3 aromatic carbocycles. The topological polar surface area (TPSA) is 96.8 Å². The number of primary amides is 1. The van der Waals surface area contributed by atoms with Gasteiger partial charge in [-0.25, -0.2) is 0 Å². The molecular formula is C31H35N5O3. The summed E-state index contributed by atoms with van der Waals surface area (Å²) < 4.78 is 13.1. The van der Waals surface area contributed by atoms with E-state index < -0.39 is 0 Å². The minimum absolute atomic E-state index is 0.250. The molecule has 1 aliphatic heterocycles. The van der Waals surface area contributed by atoms with E-state index in [1.54, 1.807) is 7.11 Å². The van der Waals surface area contributed by atoms with E-state index in [1.165, 1.54) is 11.4 Å². The Hall–Kier alpha value is -4.48. The first kappa shape index (κ1) is 27.6. The van der Waals surface area contributed by atoms with Crippen molar-refractivity contribution in [2.24, 2.45) is 5.73 Å². The molecule has 0 saturated carbocycles. The van der Waals surface area contributed by atoms with Gasteiger partial charge in [-0.3, -0.25) is 4.79 Å². The standard InChI is InChI=1S/C30H32N4O2.CH3NO/c1-3-34-29-21-26(36-20-19-35-2)13-14-27(29)28(22-31)30(34)23-9-11-25(12-10-23)33-17-15-32(16-18-33)24-7-5-4-6-8-24;2-1-3/h4-14,21H,3,15-20H2,1-2H3;1H,(H2,2,3). The molecule has 5 rings (SSSR count). The molecule has 0 radical (unpaired) electrons. The highest BCUT2D eigenvalue weighted by Gasteiger charge is 2.20. The molecule has 0 unspecified atom stereocenters. The van der Waals surface area contributed by atoms with Crippen LogP contribution in [0.25, 0.3) is 22.2 Å². The summed E-state index contributed by atoms with van der Waals surface area (Å²) in [6.07, 6.45) is 0.250. The predicted octanol–water partition coefficient (Wildman–Crippen LogP) is 4.65. The van der Waals surface area contributed by atoms with Gasteiger partial charge in [0, 0.05) is 62.7 Å². The monoisotopic (exact) mass is 525 g/mol. The Balaban J connectivity index is 0.00000112. The third-order valence-corrected chi connectivity index (χ3v) is 6.93. The van der Waals surface area contributed by atoms with Gasteiger partial charge in [-0.05, 0) is 48.9 Å². The van der Waals surface area contributed by atoms with Gasteiger partial charge in [0.2, 0.25) is 6.41 Å². The summed E-state index contributed by atoms with van der Waals surface area (Å²) in [5.41, 5.74) is 10.4. The number of para-hydroxylation sites is 1. The van der Waals surface area contributed by atoms with Crippen molar-refractivity contribution in [3.63, 3.8) is 0 Å². The fourth-order valence-electron chi connectivity index (χ4n) is 5.10. The first-order chi connectivity index (χ1) is 19.1. The molecule has 1 amide bonds. The van der Waals surface area contributed by atoms with Crippen LogP contribution in [0.1, 0.15) is 12.5 Å². The number of methoxy groups -OCH3 is 1.